The van der Waals surface area contributed by atoms with Gasteiger partial charge in [-0.15, -0.1) is 0 Å². The molecule has 0 bridgehead atoms. The second kappa shape index (κ2) is 6.92. The molecule has 0 atom stereocenters. The van der Waals surface area contributed by atoms with Gasteiger partial charge in [-0.25, -0.2) is 4.98 Å². The van der Waals surface area contributed by atoms with E-state index >= 15 is 0 Å². The van der Waals surface area contributed by atoms with Crippen molar-refractivity contribution in [3.63, 3.8) is 0 Å². The Labute approximate surface area is 113 Å². The van der Waals surface area contributed by atoms with E-state index in [0.29, 0.717) is 25.0 Å². The number of nitrogens with zero attached hydrogens (tertiary/aromatic N) is 2. The van der Waals surface area contributed by atoms with E-state index in [2.05, 4.69) is 32.8 Å². The van der Waals surface area contributed by atoms with E-state index < -0.39 is 0 Å². The first-order valence-corrected chi connectivity index (χ1v) is 6.88. The van der Waals surface area contributed by atoms with E-state index in [0.717, 1.165) is 31.6 Å². The van der Waals surface area contributed by atoms with Crippen LogP contribution in [0.4, 0.5) is 11.8 Å². The van der Waals surface area contributed by atoms with Crippen molar-refractivity contribution in [1.82, 2.24) is 15.3 Å². The van der Waals surface area contributed by atoms with Gasteiger partial charge in [0.1, 0.15) is 5.82 Å². The van der Waals surface area contributed by atoms with Crippen LogP contribution in [0, 0.1) is 0 Å². The molecule has 0 aliphatic heterocycles. The predicted octanol–water partition coefficient (Wildman–Crippen LogP) is 1.38. The molecule has 19 heavy (non-hydrogen) atoms. The van der Waals surface area contributed by atoms with Crippen molar-refractivity contribution in [3.8, 4) is 0 Å². The van der Waals surface area contributed by atoms with Crippen molar-refractivity contribution in [2.75, 3.05) is 23.7 Å². The lowest BCUT2D eigenvalue weighted by molar-refractivity contribution is -0.120. The number of hydrogen-bond donors (Lipinski definition) is 3. The number of amides is 1. The molecule has 0 spiro atoms. The second-order valence-corrected chi connectivity index (χ2v) is 4.71. The Morgan fingerprint density at radius 2 is 2.21 bits per heavy atom. The first kappa shape index (κ1) is 13.6. The van der Waals surface area contributed by atoms with Crippen LogP contribution in [0.15, 0.2) is 12.3 Å². The van der Waals surface area contributed by atoms with Gasteiger partial charge in [0.25, 0.3) is 0 Å². The highest BCUT2D eigenvalue weighted by Gasteiger charge is 2.22. The SMILES string of the molecule is CCCNc1nccc(NCCC(=O)NC2CC2)n1. The third-order valence-corrected chi connectivity index (χ3v) is 2.79. The summed E-state index contributed by atoms with van der Waals surface area (Å²) < 4.78 is 0. The molecule has 6 heteroatoms. The van der Waals surface area contributed by atoms with Gasteiger partial charge in [0.15, 0.2) is 0 Å². The fourth-order valence-corrected chi connectivity index (χ4v) is 1.61. The third-order valence-electron chi connectivity index (χ3n) is 2.79. The molecule has 1 amide bonds. The van der Waals surface area contributed by atoms with E-state index in [1.54, 1.807) is 12.3 Å². The number of carbonyl (C=O) groups is 1. The van der Waals surface area contributed by atoms with Gasteiger partial charge in [0.05, 0.1) is 0 Å². The Bertz CT molecular complexity index is 419. The van der Waals surface area contributed by atoms with Crippen molar-refractivity contribution in [3.05, 3.63) is 12.3 Å². The summed E-state index contributed by atoms with van der Waals surface area (Å²) in [6.07, 6.45) is 5.45. The summed E-state index contributed by atoms with van der Waals surface area (Å²) in [5.41, 5.74) is 0. The molecule has 1 aliphatic rings. The maximum Gasteiger partial charge on any atom is 0.224 e. The number of rotatable bonds is 8. The van der Waals surface area contributed by atoms with Gasteiger partial charge >= 0.3 is 0 Å². The Hall–Kier alpha value is -1.85. The van der Waals surface area contributed by atoms with Gasteiger partial charge in [0, 0.05) is 31.7 Å². The van der Waals surface area contributed by atoms with Gasteiger partial charge in [0.2, 0.25) is 11.9 Å². The van der Waals surface area contributed by atoms with E-state index in [-0.39, 0.29) is 5.91 Å². The van der Waals surface area contributed by atoms with E-state index in [1.807, 2.05) is 0 Å². The minimum Gasteiger partial charge on any atom is -0.369 e. The Balaban J connectivity index is 1.70. The summed E-state index contributed by atoms with van der Waals surface area (Å²) in [6, 6.07) is 2.23. The number of anilines is 2. The van der Waals surface area contributed by atoms with Gasteiger partial charge in [-0.2, -0.15) is 4.98 Å². The largest absolute Gasteiger partial charge is 0.369 e. The highest BCUT2D eigenvalue weighted by molar-refractivity contribution is 5.77. The zero-order chi connectivity index (χ0) is 13.5. The van der Waals surface area contributed by atoms with Crippen LogP contribution in [0.1, 0.15) is 32.6 Å². The Morgan fingerprint density at radius 1 is 1.37 bits per heavy atom. The molecule has 1 saturated carbocycles. The van der Waals surface area contributed by atoms with Crippen molar-refractivity contribution in [2.24, 2.45) is 0 Å². The molecule has 0 unspecified atom stereocenters. The minimum absolute atomic E-state index is 0.105. The standard InChI is InChI=1S/C13H21N5O/c1-2-7-15-13-16-8-5-11(18-13)14-9-6-12(19)17-10-3-4-10/h5,8,10H,2-4,6-7,9H2,1H3,(H,17,19)(H2,14,15,16,18). The van der Waals surface area contributed by atoms with Crippen LogP contribution in [-0.2, 0) is 4.79 Å². The van der Waals surface area contributed by atoms with Crippen LogP contribution in [-0.4, -0.2) is 35.0 Å². The molecule has 2 rings (SSSR count). The Kier molecular flexibility index (Phi) is 4.94. The minimum atomic E-state index is 0.105. The monoisotopic (exact) mass is 263 g/mol. The summed E-state index contributed by atoms with van der Waals surface area (Å²) in [4.78, 5) is 19.9. The molecular weight excluding hydrogens is 242 g/mol. The average molecular weight is 263 g/mol. The molecule has 1 aromatic heterocycles. The lowest BCUT2D eigenvalue weighted by Gasteiger charge is -2.08. The molecule has 0 radical (unpaired) electrons. The molecule has 0 saturated heterocycles. The van der Waals surface area contributed by atoms with Crippen LogP contribution >= 0.6 is 0 Å². The zero-order valence-corrected chi connectivity index (χ0v) is 11.3. The lowest BCUT2D eigenvalue weighted by atomic mass is 10.4. The number of aromatic nitrogens is 2. The van der Waals surface area contributed by atoms with Gasteiger partial charge in [-0.1, -0.05) is 6.92 Å². The highest BCUT2D eigenvalue weighted by atomic mass is 16.1. The van der Waals surface area contributed by atoms with Crippen LogP contribution in [0.25, 0.3) is 0 Å². The number of carbonyl (C=O) groups excluding carboxylic acids is 1. The number of hydrogen-bond acceptors (Lipinski definition) is 5. The summed E-state index contributed by atoms with van der Waals surface area (Å²) in [5, 5.41) is 9.22. The quantitative estimate of drug-likeness (QED) is 0.660. The molecular formula is C13H21N5O. The molecule has 1 fully saturated rings. The maximum absolute atomic E-state index is 11.5. The van der Waals surface area contributed by atoms with Crippen LogP contribution in [0.5, 0.6) is 0 Å². The third kappa shape index (κ3) is 5.11. The van der Waals surface area contributed by atoms with Gasteiger partial charge < -0.3 is 16.0 Å². The summed E-state index contributed by atoms with van der Waals surface area (Å²) in [5.74, 6) is 1.47. The van der Waals surface area contributed by atoms with Crippen LogP contribution in [0.3, 0.4) is 0 Å². The number of nitrogens with one attached hydrogen (secondary N) is 3. The zero-order valence-electron chi connectivity index (χ0n) is 11.3. The van der Waals surface area contributed by atoms with Crippen LogP contribution < -0.4 is 16.0 Å². The first-order chi connectivity index (χ1) is 9.28. The second-order valence-electron chi connectivity index (χ2n) is 4.71. The summed E-state index contributed by atoms with van der Waals surface area (Å²) in [6.45, 7) is 3.53. The maximum atomic E-state index is 11.5. The van der Waals surface area contributed by atoms with Crippen molar-refractivity contribution < 1.29 is 4.79 Å². The van der Waals surface area contributed by atoms with Crippen molar-refractivity contribution in [2.45, 2.75) is 38.6 Å². The molecule has 104 valence electrons. The Morgan fingerprint density at radius 3 is 2.95 bits per heavy atom. The highest BCUT2D eigenvalue weighted by Crippen LogP contribution is 2.18. The van der Waals surface area contributed by atoms with Gasteiger partial charge in [-0.05, 0) is 25.3 Å². The predicted molar refractivity (Wildman–Crippen MR) is 75.1 cm³/mol. The lowest BCUT2D eigenvalue weighted by Crippen LogP contribution is -2.27. The van der Waals surface area contributed by atoms with E-state index in [9.17, 15) is 4.79 Å². The van der Waals surface area contributed by atoms with Gasteiger partial charge in [-0.3, -0.25) is 4.79 Å². The van der Waals surface area contributed by atoms with Crippen molar-refractivity contribution in [1.29, 1.82) is 0 Å². The average Bonchev–Trinajstić information content (AvgIpc) is 3.21. The smallest absolute Gasteiger partial charge is 0.224 e. The molecule has 6 nitrogen and oxygen atoms in total. The fraction of sp³-hybridized carbons (Fsp3) is 0.615. The topological polar surface area (TPSA) is 78.9 Å². The molecule has 0 aromatic carbocycles. The van der Waals surface area contributed by atoms with Crippen LogP contribution in [0.2, 0.25) is 0 Å². The fourth-order valence-electron chi connectivity index (χ4n) is 1.61. The first-order valence-electron chi connectivity index (χ1n) is 6.88. The van der Waals surface area contributed by atoms with Crippen molar-refractivity contribution >= 4 is 17.7 Å². The summed E-state index contributed by atoms with van der Waals surface area (Å²) in [7, 11) is 0. The normalized spacial score (nSPS) is 13.9. The molecule has 1 heterocycles. The van der Waals surface area contributed by atoms with E-state index in [4.69, 9.17) is 0 Å². The summed E-state index contributed by atoms with van der Waals surface area (Å²) >= 11 is 0. The molecule has 3 N–H and O–H groups in total. The molecule has 1 aliphatic carbocycles. The van der Waals surface area contributed by atoms with E-state index in [1.165, 1.54) is 0 Å². The molecule has 1 aromatic rings.